The Labute approximate surface area is 250 Å². The third-order valence-electron chi connectivity index (χ3n) is 9.50. The highest BCUT2D eigenvalue weighted by Crippen LogP contribution is 2.60. The Morgan fingerprint density at radius 3 is 2.07 bits per heavy atom. The Hall–Kier alpha value is -4.40. The first-order valence-corrected chi connectivity index (χ1v) is 14.8. The maximum atomic E-state index is 11.3. The fraction of sp³-hybridized carbons (Fsp3) is 0.314. The summed E-state index contributed by atoms with van der Waals surface area (Å²) in [5.74, 6) is 3.90. The second-order valence-corrected chi connectivity index (χ2v) is 12.1. The van der Waals surface area contributed by atoms with Crippen molar-refractivity contribution in [3.05, 3.63) is 88.0 Å². The Morgan fingerprint density at radius 1 is 0.698 bits per heavy atom. The van der Waals surface area contributed by atoms with Gasteiger partial charge < -0.3 is 29.2 Å². The van der Waals surface area contributed by atoms with E-state index in [1.807, 2.05) is 36.4 Å². The van der Waals surface area contributed by atoms with Crippen LogP contribution in [0.3, 0.4) is 0 Å². The zero-order valence-corrected chi connectivity index (χ0v) is 24.5. The van der Waals surface area contributed by atoms with Crippen LogP contribution in [0.4, 0.5) is 0 Å². The molecule has 2 N–H and O–H groups in total. The first-order valence-electron chi connectivity index (χ1n) is 14.8. The molecular formula is C35H34N2O6. The summed E-state index contributed by atoms with van der Waals surface area (Å²) in [4.78, 5) is 4.64. The summed E-state index contributed by atoms with van der Waals surface area (Å²) < 4.78 is 25.8. The number of phenols is 2. The van der Waals surface area contributed by atoms with Gasteiger partial charge in [-0.05, 0) is 98.4 Å². The Balaban J connectivity index is 1.40. The number of hydrogen-bond donors (Lipinski definition) is 2. The molecule has 0 aromatic heterocycles. The van der Waals surface area contributed by atoms with E-state index in [-0.39, 0.29) is 23.6 Å². The molecule has 5 aliphatic rings. The van der Waals surface area contributed by atoms with Gasteiger partial charge >= 0.3 is 0 Å². The fourth-order valence-electron chi connectivity index (χ4n) is 7.21. The van der Waals surface area contributed by atoms with Crippen molar-refractivity contribution in [3.63, 3.8) is 0 Å². The van der Waals surface area contributed by atoms with Gasteiger partial charge in [-0.1, -0.05) is 18.2 Å². The lowest BCUT2D eigenvalue weighted by atomic mass is 9.86. The number of nitrogens with zero attached hydrogens (tertiary/aromatic N) is 2. The number of likely N-dealkylation sites (N-methyl/N-ethyl adjacent to an activating group) is 2. The lowest BCUT2D eigenvalue weighted by molar-refractivity contribution is 0.211. The van der Waals surface area contributed by atoms with Crippen LogP contribution in [-0.4, -0.2) is 54.3 Å². The van der Waals surface area contributed by atoms with Gasteiger partial charge in [0.2, 0.25) is 11.5 Å². The molecule has 0 spiro atoms. The van der Waals surface area contributed by atoms with Crippen molar-refractivity contribution < 1.29 is 29.2 Å². The summed E-state index contributed by atoms with van der Waals surface area (Å²) in [6.07, 6.45) is 2.95. The Morgan fingerprint density at radius 2 is 1.35 bits per heavy atom. The molecule has 5 aliphatic heterocycles. The topological polar surface area (TPSA) is 83.9 Å². The molecule has 8 heteroatoms. The molecule has 10 bridgehead atoms. The third-order valence-corrected chi connectivity index (χ3v) is 9.50. The molecule has 0 fully saturated rings. The van der Waals surface area contributed by atoms with Crippen LogP contribution in [0.25, 0.3) is 0 Å². The van der Waals surface area contributed by atoms with E-state index in [2.05, 4.69) is 36.0 Å². The predicted octanol–water partition coefficient (Wildman–Crippen LogP) is 6.65. The first-order chi connectivity index (χ1) is 20.9. The van der Waals surface area contributed by atoms with Crippen LogP contribution < -0.4 is 18.9 Å². The maximum absolute atomic E-state index is 11.3. The number of benzene rings is 4. The second-order valence-electron chi connectivity index (χ2n) is 12.1. The molecule has 2 atom stereocenters. The van der Waals surface area contributed by atoms with Crippen LogP contribution in [0.5, 0.6) is 51.7 Å². The van der Waals surface area contributed by atoms with Crippen molar-refractivity contribution in [2.75, 3.05) is 34.3 Å². The van der Waals surface area contributed by atoms with Crippen molar-refractivity contribution in [3.8, 4) is 51.7 Å². The van der Waals surface area contributed by atoms with Gasteiger partial charge in [-0.3, -0.25) is 9.80 Å². The predicted molar refractivity (Wildman–Crippen MR) is 161 cm³/mol. The summed E-state index contributed by atoms with van der Waals surface area (Å²) in [6, 6.07) is 17.4. The van der Waals surface area contributed by atoms with Crippen LogP contribution in [-0.2, 0) is 25.7 Å². The van der Waals surface area contributed by atoms with Gasteiger partial charge in [0.05, 0.1) is 7.11 Å². The average Bonchev–Trinajstić information content (AvgIpc) is 3.00. The minimum absolute atomic E-state index is 0.0339. The maximum Gasteiger partial charge on any atom is 0.212 e. The summed E-state index contributed by atoms with van der Waals surface area (Å²) in [5.41, 5.74) is 6.31. The summed E-state index contributed by atoms with van der Waals surface area (Å²) in [5, 5.41) is 22.1. The molecule has 0 radical (unpaired) electrons. The van der Waals surface area contributed by atoms with E-state index in [0.717, 1.165) is 59.3 Å². The van der Waals surface area contributed by atoms with Crippen LogP contribution in [0, 0.1) is 0 Å². The van der Waals surface area contributed by atoms with Crippen molar-refractivity contribution >= 4 is 0 Å². The molecule has 220 valence electrons. The van der Waals surface area contributed by atoms with Crippen molar-refractivity contribution in [1.82, 2.24) is 9.80 Å². The minimum Gasteiger partial charge on any atom is -0.504 e. The first kappa shape index (κ1) is 26.2. The van der Waals surface area contributed by atoms with Crippen LogP contribution in [0.2, 0.25) is 0 Å². The van der Waals surface area contributed by atoms with Gasteiger partial charge in [0.15, 0.2) is 34.5 Å². The normalized spacial score (nSPS) is 20.4. The highest BCUT2D eigenvalue weighted by Gasteiger charge is 2.40. The summed E-state index contributed by atoms with van der Waals surface area (Å²) in [6.45, 7) is 1.70. The average molecular weight is 579 g/mol. The van der Waals surface area contributed by atoms with Crippen molar-refractivity contribution in [2.45, 2.75) is 37.8 Å². The van der Waals surface area contributed by atoms with E-state index in [1.165, 1.54) is 0 Å². The number of phenolic OH excluding ortho intramolecular Hbond substituents is 2. The zero-order valence-electron chi connectivity index (χ0n) is 24.5. The molecule has 8 nitrogen and oxygen atoms in total. The zero-order chi connectivity index (χ0) is 29.4. The molecule has 5 heterocycles. The van der Waals surface area contributed by atoms with Crippen LogP contribution >= 0.6 is 0 Å². The summed E-state index contributed by atoms with van der Waals surface area (Å²) >= 11 is 0. The van der Waals surface area contributed by atoms with E-state index in [1.54, 1.807) is 13.2 Å². The quantitative estimate of drug-likeness (QED) is 0.229. The molecule has 4 aromatic carbocycles. The molecule has 0 saturated heterocycles. The molecule has 2 unspecified atom stereocenters. The highest BCUT2D eigenvalue weighted by molar-refractivity contribution is 5.71. The molecule has 0 aliphatic carbocycles. The van der Waals surface area contributed by atoms with Crippen LogP contribution in [0.1, 0.15) is 45.5 Å². The van der Waals surface area contributed by atoms with Crippen LogP contribution in [0.15, 0.2) is 54.6 Å². The number of aromatic hydroxyl groups is 2. The molecule has 0 saturated carbocycles. The lowest BCUT2D eigenvalue weighted by Crippen LogP contribution is -2.35. The third kappa shape index (κ3) is 4.19. The monoisotopic (exact) mass is 578 g/mol. The number of ether oxygens (including phenoxy) is 4. The van der Waals surface area contributed by atoms with Gasteiger partial charge in [-0.25, -0.2) is 0 Å². The van der Waals surface area contributed by atoms with E-state index in [4.69, 9.17) is 18.9 Å². The van der Waals surface area contributed by atoms with E-state index in [9.17, 15) is 10.2 Å². The van der Waals surface area contributed by atoms with Gasteiger partial charge in [-0.15, -0.1) is 0 Å². The lowest BCUT2D eigenvalue weighted by Gasteiger charge is -2.40. The van der Waals surface area contributed by atoms with E-state index >= 15 is 0 Å². The SMILES string of the molecule is COc1cc2c3c4c1Oc1c(c(O)cc5c1C(Cc1cccc(c1)Oc1cc(ccc1O)CC3N(C)CC2)N(C)CC5)O4. The molecular weight excluding hydrogens is 544 g/mol. The minimum atomic E-state index is -0.0522. The number of methoxy groups -OCH3 is 1. The van der Waals surface area contributed by atoms with Gasteiger partial charge in [-0.2, -0.15) is 0 Å². The second kappa shape index (κ2) is 9.82. The Kier molecular flexibility index (Phi) is 6.00. The van der Waals surface area contributed by atoms with Gasteiger partial charge in [0.1, 0.15) is 5.75 Å². The number of hydrogen-bond acceptors (Lipinski definition) is 8. The highest BCUT2D eigenvalue weighted by atomic mass is 16.6. The Bertz CT molecular complexity index is 1790. The number of rotatable bonds is 1. The molecule has 9 rings (SSSR count). The molecule has 4 aromatic rings. The van der Waals surface area contributed by atoms with Crippen molar-refractivity contribution in [2.24, 2.45) is 0 Å². The largest absolute Gasteiger partial charge is 0.504 e. The van der Waals surface area contributed by atoms with Crippen molar-refractivity contribution in [1.29, 1.82) is 0 Å². The molecule has 0 amide bonds. The smallest absolute Gasteiger partial charge is 0.212 e. The molecule has 43 heavy (non-hydrogen) atoms. The van der Waals surface area contributed by atoms with E-state index in [0.29, 0.717) is 53.1 Å². The van der Waals surface area contributed by atoms with E-state index < -0.39 is 0 Å². The standard InChI is InChI=1S/C35H34N2O6/c1-36-11-9-21-17-27(39)32-34-30(21)24(36)14-19-5-4-6-23(13-19)41-28-16-20(7-8-26(28)38)15-25-31-22(10-12-37(25)2)18-29(40-3)33(43-34)35(31)42-32/h4-8,13,16-18,24-25,38-39H,9-12,14-15H2,1-3H3. The summed E-state index contributed by atoms with van der Waals surface area (Å²) in [7, 11) is 5.89. The van der Waals surface area contributed by atoms with Gasteiger partial charge in [0.25, 0.3) is 0 Å². The fourth-order valence-corrected chi connectivity index (χ4v) is 7.21. The van der Waals surface area contributed by atoms with Gasteiger partial charge in [0, 0.05) is 36.3 Å².